The molecule has 0 amide bonds. The maximum Gasteiger partial charge on any atom is 1.00 e. The number of carbonyl (C=O) groups excluding carboxylic acids is 1. The number of ether oxygens (including phenoxy) is 1. The van der Waals surface area contributed by atoms with E-state index in [4.69, 9.17) is 4.74 Å². The molecule has 6 heteroatoms. The van der Waals surface area contributed by atoms with Gasteiger partial charge in [0.05, 0.1) is 12.2 Å². The van der Waals surface area contributed by atoms with E-state index < -0.39 is 17.0 Å². The topological polar surface area (TPSA) is 66.4 Å². The quantitative estimate of drug-likeness (QED) is 0.370. The summed E-state index contributed by atoms with van der Waals surface area (Å²) in [6, 6.07) is 5.60. The molecule has 0 N–H and O–H groups in total. The Balaban J connectivity index is 0.00000225. The molecule has 1 unspecified atom stereocenters. The third kappa shape index (κ3) is 4.76. The van der Waals surface area contributed by atoms with E-state index in [1.165, 1.54) is 24.3 Å². The molecule has 0 heterocycles. The molecule has 0 spiro atoms. The van der Waals surface area contributed by atoms with Gasteiger partial charge >= 0.3 is 35.5 Å². The van der Waals surface area contributed by atoms with Crippen LogP contribution < -0.4 is 29.6 Å². The van der Waals surface area contributed by atoms with Gasteiger partial charge in [0, 0.05) is 4.90 Å². The molecule has 0 saturated heterocycles. The van der Waals surface area contributed by atoms with Crippen LogP contribution in [0.3, 0.4) is 0 Å². The molecule has 0 aliphatic carbocycles. The van der Waals surface area contributed by atoms with E-state index in [0.717, 1.165) is 6.42 Å². The van der Waals surface area contributed by atoms with E-state index in [-0.39, 0.29) is 34.5 Å². The Morgan fingerprint density at radius 3 is 2.38 bits per heavy atom. The summed E-state index contributed by atoms with van der Waals surface area (Å²) < 4.78 is 26.0. The fraction of sp³-hybridized carbons (Fsp3) is 0.300. The van der Waals surface area contributed by atoms with Crippen LogP contribution in [-0.4, -0.2) is 21.3 Å². The minimum atomic E-state index is -2.26. The van der Waals surface area contributed by atoms with Crippen molar-refractivity contribution in [1.82, 2.24) is 0 Å². The summed E-state index contributed by atoms with van der Waals surface area (Å²) in [4.78, 5) is 11.5. The van der Waals surface area contributed by atoms with Crippen LogP contribution in [0.2, 0.25) is 0 Å². The Morgan fingerprint density at radius 2 is 1.94 bits per heavy atom. The van der Waals surface area contributed by atoms with Crippen molar-refractivity contribution in [3.63, 3.8) is 0 Å². The largest absolute Gasteiger partial charge is 1.00 e. The Morgan fingerprint density at radius 1 is 1.38 bits per heavy atom. The van der Waals surface area contributed by atoms with Gasteiger partial charge in [-0.25, -0.2) is 4.79 Å². The maximum atomic E-state index is 11.3. The van der Waals surface area contributed by atoms with Crippen LogP contribution in [0.5, 0.6) is 0 Å². The van der Waals surface area contributed by atoms with E-state index in [9.17, 15) is 13.6 Å². The Kier molecular flexibility index (Phi) is 7.87. The first-order valence-corrected chi connectivity index (χ1v) is 5.59. The third-order valence-electron chi connectivity index (χ3n) is 1.72. The smallest absolute Gasteiger partial charge is 0.768 e. The van der Waals surface area contributed by atoms with E-state index in [1.807, 2.05) is 6.92 Å². The number of carbonyl (C=O) groups is 1. The van der Waals surface area contributed by atoms with Gasteiger partial charge in [-0.15, -0.1) is 0 Å². The van der Waals surface area contributed by atoms with Crippen molar-refractivity contribution in [2.45, 2.75) is 18.2 Å². The third-order valence-corrected chi connectivity index (χ3v) is 2.38. The van der Waals surface area contributed by atoms with Crippen molar-refractivity contribution in [3.05, 3.63) is 29.8 Å². The first kappa shape index (κ1) is 15.8. The minimum absolute atomic E-state index is 0. The predicted octanol–water partition coefficient (Wildman–Crippen LogP) is -1.50. The van der Waals surface area contributed by atoms with E-state index in [1.54, 1.807) is 0 Å². The van der Waals surface area contributed by atoms with E-state index >= 15 is 0 Å². The van der Waals surface area contributed by atoms with Gasteiger partial charge in [0.15, 0.2) is 0 Å². The first-order chi connectivity index (χ1) is 7.15. The second kappa shape index (κ2) is 7.97. The van der Waals surface area contributed by atoms with Crippen molar-refractivity contribution >= 4 is 17.0 Å². The van der Waals surface area contributed by atoms with Crippen molar-refractivity contribution in [2.24, 2.45) is 0 Å². The van der Waals surface area contributed by atoms with E-state index in [0.29, 0.717) is 12.2 Å². The molecule has 4 nitrogen and oxygen atoms in total. The van der Waals surface area contributed by atoms with Crippen LogP contribution in [0.1, 0.15) is 23.7 Å². The molecule has 0 radical (unpaired) electrons. The molecule has 1 aromatic rings. The Labute approximate surface area is 119 Å². The second-order valence-corrected chi connectivity index (χ2v) is 3.84. The fourth-order valence-corrected chi connectivity index (χ4v) is 1.34. The zero-order chi connectivity index (χ0) is 11.3. The van der Waals surface area contributed by atoms with Gasteiger partial charge < -0.3 is 9.29 Å². The number of hydrogen-bond donors (Lipinski definition) is 0. The van der Waals surface area contributed by atoms with Crippen molar-refractivity contribution in [1.29, 1.82) is 0 Å². The van der Waals surface area contributed by atoms with Gasteiger partial charge in [0.1, 0.15) is 0 Å². The van der Waals surface area contributed by atoms with Gasteiger partial charge in [0.25, 0.3) is 0 Å². The van der Waals surface area contributed by atoms with Gasteiger partial charge in [0.2, 0.25) is 0 Å². The van der Waals surface area contributed by atoms with Gasteiger partial charge in [-0.05, 0) is 41.8 Å². The van der Waals surface area contributed by atoms with Gasteiger partial charge in [-0.3, -0.25) is 4.21 Å². The summed E-state index contributed by atoms with van der Waals surface area (Å²) in [5.74, 6) is -0.430. The molecule has 82 valence electrons. The zero-order valence-electron chi connectivity index (χ0n) is 9.26. The maximum absolute atomic E-state index is 11.3. The summed E-state index contributed by atoms with van der Waals surface area (Å²) >= 11 is -2.26. The predicted molar refractivity (Wildman–Crippen MR) is 54.2 cm³/mol. The number of esters is 1. The average molecular weight is 250 g/mol. The van der Waals surface area contributed by atoms with Crippen LogP contribution >= 0.6 is 0 Å². The average Bonchev–Trinajstić information content (AvgIpc) is 2.26. The summed E-state index contributed by atoms with van der Waals surface area (Å²) in [5, 5.41) is 0. The molecule has 0 saturated carbocycles. The van der Waals surface area contributed by atoms with Crippen LogP contribution in [0, 0.1) is 0 Å². The van der Waals surface area contributed by atoms with Crippen molar-refractivity contribution in [2.75, 3.05) is 6.61 Å². The van der Waals surface area contributed by atoms with Crippen LogP contribution in [-0.2, 0) is 15.8 Å². The molecular formula is C10H11NaO4S. The molecule has 1 aromatic carbocycles. The standard InChI is InChI=1S/C10H12O4S.Na/c1-2-7-14-10(11)8-3-5-9(6-4-8)15(12)13;/h3-6H,2,7H2,1H3,(H,12,13);/q;+1/p-1. The Bertz CT molecular complexity index is 364. The summed E-state index contributed by atoms with van der Waals surface area (Å²) in [5.41, 5.74) is 0.359. The van der Waals surface area contributed by atoms with Crippen LogP contribution in [0.4, 0.5) is 0 Å². The first-order valence-electron chi connectivity index (χ1n) is 4.51. The van der Waals surface area contributed by atoms with Crippen LogP contribution in [0.15, 0.2) is 29.2 Å². The molecule has 0 fully saturated rings. The molecule has 0 bridgehead atoms. The minimum Gasteiger partial charge on any atom is -0.768 e. The molecule has 16 heavy (non-hydrogen) atoms. The molecule has 0 aromatic heterocycles. The molecule has 1 rings (SSSR count). The SMILES string of the molecule is CCCOC(=O)c1ccc(S(=O)[O-])cc1.[Na+]. The normalized spacial score (nSPS) is 11.4. The molecule has 0 aliphatic heterocycles. The monoisotopic (exact) mass is 250 g/mol. The Hall–Kier alpha value is -0.200. The fourth-order valence-electron chi connectivity index (χ4n) is 0.980. The summed E-state index contributed by atoms with van der Waals surface area (Å²) in [6.07, 6.45) is 0.758. The van der Waals surface area contributed by atoms with Gasteiger partial charge in [-0.2, -0.15) is 0 Å². The van der Waals surface area contributed by atoms with Crippen LogP contribution in [0.25, 0.3) is 0 Å². The summed E-state index contributed by atoms with van der Waals surface area (Å²) in [6.45, 7) is 2.27. The van der Waals surface area contributed by atoms with Crippen molar-refractivity contribution < 1.29 is 47.9 Å². The van der Waals surface area contributed by atoms with E-state index in [2.05, 4.69) is 0 Å². The zero-order valence-corrected chi connectivity index (χ0v) is 12.1. The molecule has 0 aliphatic rings. The molecular weight excluding hydrogens is 239 g/mol. The van der Waals surface area contributed by atoms with Gasteiger partial charge in [-0.1, -0.05) is 6.92 Å². The van der Waals surface area contributed by atoms with Crippen molar-refractivity contribution in [3.8, 4) is 0 Å². The number of rotatable bonds is 4. The summed E-state index contributed by atoms with van der Waals surface area (Å²) in [7, 11) is 0. The second-order valence-electron chi connectivity index (χ2n) is 2.90. The molecule has 1 atom stereocenters. The number of benzene rings is 1. The number of hydrogen-bond acceptors (Lipinski definition) is 4.